The van der Waals surface area contributed by atoms with E-state index in [-0.39, 0.29) is 0 Å². The summed E-state index contributed by atoms with van der Waals surface area (Å²) in [6.45, 7) is 5.99. The van der Waals surface area contributed by atoms with Gasteiger partial charge in [-0.2, -0.15) is 0 Å². The van der Waals surface area contributed by atoms with Crippen LogP contribution in [0.1, 0.15) is 24.3 Å². The van der Waals surface area contributed by atoms with Gasteiger partial charge in [-0.05, 0) is 19.1 Å². The van der Waals surface area contributed by atoms with Gasteiger partial charge in [0.15, 0.2) is 0 Å². The van der Waals surface area contributed by atoms with Crippen molar-refractivity contribution in [2.24, 2.45) is 0 Å². The van der Waals surface area contributed by atoms with Crippen molar-refractivity contribution in [3.8, 4) is 0 Å². The number of aromatic nitrogens is 4. The van der Waals surface area contributed by atoms with E-state index in [4.69, 9.17) is 4.98 Å². The number of aryl methyl sites for hydroxylation is 1. The molecular formula is C16H19N5. The van der Waals surface area contributed by atoms with Gasteiger partial charge < -0.3 is 14.5 Å². The van der Waals surface area contributed by atoms with E-state index < -0.39 is 0 Å². The lowest BCUT2D eigenvalue weighted by Crippen LogP contribution is -2.29. The van der Waals surface area contributed by atoms with Crippen LogP contribution in [0, 0.1) is 0 Å². The third-order valence-corrected chi connectivity index (χ3v) is 4.21. The van der Waals surface area contributed by atoms with E-state index >= 15 is 0 Å². The third-order valence-electron chi connectivity index (χ3n) is 4.21. The fraction of sp³-hybridized carbons (Fsp3) is 0.375. The van der Waals surface area contributed by atoms with E-state index in [1.807, 2.05) is 12.3 Å². The summed E-state index contributed by atoms with van der Waals surface area (Å²) in [6, 6.07) is 8.35. The zero-order valence-corrected chi connectivity index (χ0v) is 12.2. The van der Waals surface area contributed by atoms with Crippen molar-refractivity contribution in [1.82, 2.24) is 24.4 Å². The molecule has 0 unspecified atom stereocenters. The summed E-state index contributed by atoms with van der Waals surface area (Å²) in [6.07, 6.45) is 2.84. The molecule has 0 atom stereocenters. The predicted octanol–water partition coefficient (Wildman–Crippen LogP) is 1.95. The smallest absolute Gasteiger partial charge is 0.122 e. The number of hydrogen-bond donors (Lipinski definition) is 1. The monoisotopic (exact) mass is 281 g/mol. The van der Waals surface area contributed by atoms with E-state index in [1.165, 1.54) is 11.2 Å². The lowest BCUT2D eigenvalue weighted by atomic mass is 10.3. The van der Waals surface area contributed by atoms with Crippen LogP contribution in [0.3, 0.4) is 0 Å². The van der Waals surface area contributed by atoms with E-state index in [0.29, 0.717) is 0 Å². The Bertz CT molecular complexity index is 783. The van der Waals surface area contributed by atoms with Crippen LogP contribution in [0.5, 0.6) is 0 Å². The highest BCUT2D eigenvalue weighted by atomic mass is 15.2. The summed E-state index contributed by atoms with van der Waals surface area (Å²) in [5, 5.41) is 3.36. The van der Waals surface area contributed by atoms with Crippen molar-refractivity contribution in [3.63, 3.8) is 0 Å². The number of nitrogens with zero attached hydrogens (tertiary/aromatic N) is 4. The van der Waals surface area contributed by atoms with Crippen molar-refractivity contribution >= 4 is 11.0 Å². The van der Waals surface area contributed by atoms with Gasteiger partial charge in [-0.3, -0.25) is 0 Å². The largest absolute Gasteiger partial charge is 0.329 e. The maximum atomic E-state index is 4.81. The number of fused-ring (bicyclic) bond motifs is 2. The van der Waals surface area contributed by atoms with Crippen LogP contribution in [-0.4, -0.2) is 25.6 Å². The van der Waals surface area contributed by atoms with Crippen LogP contribution >= 0.6 is 0 Å². The fourth-order valence-corrected chi connectivity index (χ4v) is 3.18. The van der Waals surface area contributed by atoms with E-state index in [1.54, 1.807) is 0 Å². The zero-order valence-electron chi connectivity index (χ0n) is 12.2. The molecule has 5 heteroatoms. The van der Waals surface area contributed by atoms with Crippen LogP contribution in [0.25, 0.3) is 11.0 Å². The number of nitrogens with one attached hydrogen (secondary N) is 1. The highest BCUT2D eigenvalue weighted by Gasteiger charge is 2.16. The molecule has 2 aromatic heterocycles. The number of benzene rings is 1. The van der Waals surface area contributed by atoms with Crippen molar-refractivity contribution in [2.75, 3.05) is 6.54 Å². The number of para-hydroxylation sites is 2. The standard InChI is InChI=1S/C16H19N5/c1-2-20-14-6-4-3-5-13(14)19-15(20)9-12-10-18-16-11-17-7-8-21(12)16/h3-6,10,17H,2,7-9,11H2,1H3. The lowest BCUT2D eigenvalue weighted by Gasteiger charge is -2.17. The molecule has 3 aromatic rings. The first kappa shape index (κ1) is 12.6. The Hall–Kier alpha value is -2.14. The van der Waals surface area contributed by atoms with Crippen molar-refractivity contribution in [1.29, 1.82) is 0 Å². The Morgan fingerprint density at radius 2 is 2.19 bits per heavy atom. The molecule has 0 radical (unpaired) electrons. The topological polar surface area (TPSA) is 47.7 Å². The second kappa shape index (κ2) is 5.00. The van der Waals surface area contributed by atoms with Gasteiger partial charge in [-0.25, -0.2) is 9.97 Å². The van der Waals surface area contributed by atoms with Gasteiger partial charge >= 0.3 is 0 Å². The quantitative estimate of drug-likeness (QED) is 0.798. The molecule has 21 heavy (non-hydrogen) atoms. The summed E-state index contributed by atoms with van der Waals surface area (Å²) in [4.78, 5) is 9.34. The predicted molar refractivity (Wildman–Crippen MR) is 82.1 cm³/mol. The van der Waals surface area contributed by atoms with Gasteiger partial charge in [0.25, 0.3) is 0 Å². The van der Waals surface area contributed by atoms with Crippen LogP contribution in [-0.2, 0) is 26.1 Å². The zero-order chi connectivity index (χ0) is 14.2. The molecule has 0 saturated heterocycles. The molecule has 0 amide bonds. The molecule has 0 aliphatic carbocycles. The first-order valence-electron chi connectivity index (χ1n) is 7.55. The number of hydrogen-bond acceptors (Lipinski definition) is 3. The van der Waals surface area contributed by atoms with Crippen molar-refractivity contribution in [2.45, 2.75) is 33.0 Å². The Kier molecular flexibility index (Phi) is 3.00. The molecule has 1 aliphatic rings. The molecule has 0 bridgehead atoms. The van der Waals surface area contributed by atoms with Gasteiger partial charge in [0.2, 0.25) is 0 Å². The molecule has 0 spiro atoms. The van der Waals surface area contributed by atoms with Crippen LogP contribution in [0.15, 0.2) is 30.5 Å². The molecule has 0 saturated carbocycles. The second-order valence-electron chi connectivity index (χ2n) is 5.43. The molecule has 4 rings (SSSR count). The van der Waals surface area contributed by atoms with E-state index in [9.17, 15) is 0 Å². The maximum Gasteiger partial charge on any atom is 0.122 e. The number of rotatable bonds is 3. The molecule has 1 N–H and O–H groups in total. The van der Waals surface area contributed by atoms with Gasteiger partial charge in [0.1, 0.15) is 11.6 Å². The van der Waals surface area contributed by atoms with Gasteiger partial charge in [0.05, 0.1) is 17.6 Å². The Labute approximate surface area is 123 Å². The first-order valence-corrected chi connectivity index (χ1v) is 7.55. The molecular weight excluding hydrogens is 262 g/mol. The molecule has 108 valence electrons. The number of imidazole rings is 2. The fourth-order valence-electron chi connectivity index (χ4n) is 3.18. The summed E-state index contributed by atoms with van der Waals surface area (Å²) in [5.41, 5.74) is 3.56. The minimum Gasteiger partial charge on any atom is -0.329 e. The minimum atomic E-state index is 0.843. The van der Waals surface area contributed by atoms with Gasteiger partial charge in [-0.1, -0.05) is 12.1 Å². The molecule has 0 fully saturated rings. The van der Waals surface area contributed by atoms with Crippen molar-refractivity contribution in [3.05, 3.63) is 47.8 Å². The van der Waals surface area contributed by atoms with Crippen LogP contribution in [0.2, 0.25) is 0 Å². The lowest BCUT2D eigenvalue weighted by molar-refractivity contribution is 0.494. The minimum absolute atomic E-state index is 0.843. The first-order chi connectivity index (χ1) is 10.4. The van der Waals surface area contributed by atoms with Crippen molar-refractivity contribution < 1.29 is 0 Å². The van der Waals surface area contributed by atoms with Gasteiger partial charge in [0, 0.05) is 37.9 Å². The molecule has 3 heterocycles. The van der Waals surface area contributed by atoms with Crippen LogP contribution in [0.4, 0.5) is 0 Å². The van der Waals surface area contributed by atoms with Crippen LogP contribution < -0.4 is 5.32 Å². The van der Waals surface area contributed by atoms with E-state index in [0.717, 1.165) is 49.8 Å². The normalized spacial score (nSPS) is 14.5. The average Bonchev–Trinajstić information content (AvgIpc) is 3.09. The summed E-state index contributed by atoms with van der Waals surface area (Å²) >= 11 is 0. The highest BCUT2D eigenvalue weighted by Crippen LogP contribution is 2.19. The summed E-state index contributed by atoms with van der Waals surface area (Å²) in [5.74, 6) is 2.26. The SMILES string of the molecule is CCn1c(Cc2cnc3n2CCNC3)nc2ccccc21. The van der Waals surface area contributed by atoms with E-state index in [2.05, 4.69) is 44.6 Å². The summed E-state index contributed by atoms with van der Waals surface area (Å²) in [7, 11) is 0. The molecule has 1 aliphatic heterocycles. The Morgan fingerprint density at radius 1 is 1.29 bits per heavy atom. The van der Waals surface area contributed by atoms with Gasteiger partial charge in [-0.15, -0.1) is 0 Å². The average molecular weight is 281 g/mol. The second-order valence-corrected chi connectivity index (χ2v) is 5.43. The summed E-state index contributed by atoms with van der Waals surface area (Å²) < 4.78 is 4.63. The third kappa shape index (κ3) is 2.05. The highest BCUT2D eigenvalue weighted by molar-refractivity contribution is 5.75. The maximum absolute atomic E-state index is 4.81. The molecule has 5 nitrogen and oxygen atoms in total. The Morgan fingerprint density at radius 3 is 3.10 bits per heavy atom. The molecule has 1 aromatic carbocycles. The Balaban J connectivity index is 1.76.